The monoisotopic (exact) mass is 218 g/mol. The van der Waals surface area contributed by atoms with Crippen molar-refractivity contribution in [2.45, 2.75) is 25.9 Å². The van der Waals surface area contributed by atoms with Gasteiger partial charge in [-0.25, -0.2) is 4.98 Å². The molecule has 1 unspecified atom stereocenters. The first kappa shape index (κ1) is 11.1. The van der Waals surface area contributed by atoms with E-state index in [0.717, 1.165) is 16.9 Å². The molecule has 0 bridgehead atoms. The molecule has 2 rings (SSSR count). The lowest BCUT2D eigenvalue weighted by molar-refractivity contribution is 0.545. The van der Waals surface area contributed by atoms with Crippen LogP contribution < -0.4 is 11.5 Å². The van der Waals surface area contributed by atoms with Crippen molar-refractivity contribution in [2.75, 3.05) is 6.54 Å². The highest BCUT2D eigenvalue weighted by molar-refractivity contribution is 5.76. The van der Waals surface area contributed by atoms with Crippen molar-refractivity contribution in [3.63, 3.8) is 0 Å². The van der Waals surface area contributed by atoms with E-state index in [-0.39, 0.29) is 6.04 Å². The molecular weight excluding hydrogens is 200 g/mol. The predicted molar refractivity (Wildman–Crippen MR) is 66.1 cm³/mol. The molecule has 0 aliphatic rings. The highest BCUT2D eigenvalue weighted by Crippen LogP contribution is 2.23. The summed E-state index contributed by atoms with van der Waals surface area (Å²) >= 11 is 0. The van der Waals surface area contributed by atoms with Crippen LogP contribution in [0.25, 0.3) is 11.0 Å². The molecule has 4 heteroatoms. The van der Waals surface area contributed by atoms with Crippen molar-refractivity contribution in [1.29, 1.82) is 0 Å². The molecule has 1 atom stereocenters. The second kappa shape index (κ2) is 4.23. The van der Waals surface area contributed by atoms with Crippen LogP contribution >= 0.6 is 0 Å². The van der Waals surface area contributed by atoms with Crippen molar-refractivity contribution in [3.05, 3.63) is 30.1 Å². The Bertz CT molecular complexity index is 487. The van der Waals surface area contributed by atoms with Gasteiger partial charge in [-0.05, 0) is 26.0 Å². The zero-order valence-corrected chi connectivity index (χ0v) is 9.72. The number of hydrogen-bond donors (Lipinski definition) is 2. The van der Waals surface area contributed by atoms with E-state index in [9.17, 15) is 0 Å². The minimum absolute atomic E-state index is 0.199. The largest absolute Gasteiger partial charge is 0.328 e. The average molecular weight is 218 g/mol. The number of nitrogens with zero attached hydrogens (tertiary/aromatic N) is 2. The predicted octanol–water partition coefficient (Wildman–Crippen LogP) is 1.58. The molecule has 0 fully saturated rings. The van der Waals surface area contributed by atoms with Crippen LogP contribution in [0, 0.1) is 0 Å². The van der Waals surface area contributed by atoms with Gasteiger partial charge in [-0.2, -0.15) is 0 Å². The molecule has 86 valence electrons. The minimum atomic E-state index is -0.199. The maximum Gasteiger partial charge on any atom is 0.128 e. The third kappa shape index (κ3) is 1.70. The molecule has 4 nitrogen and oxygen atoms in total. The lowest BCUT2D eigenvalue weighted by Crippen LogP contribution is -2.25. The van der Waals surface area contributed by atoms with Gasteiger partial charge in [0.1, 0.15) is 5.82 Å². The Labute approximate surface area is 95.3 Å². The zero-order valence-electron chi connectivity index (χ0n) is 9.72. The number of hydrogen-bond acceptors (Lipinski definition) is 3. The van der Waals surface area contributed by atoms with Gasteiger partial charge < -0.3 is 16.0 Å². The summed E-state index contributed by atoms with van der Waals surface area (Å²) in [4.78, 5) is 4.56. The standard InChI is InChI=1S/C12H18N4/c1-8(2)16-11-6-4-3-5-10(11)15-12(16)9(14)7-13/h3-6,8-9H,7,13-14H2,1-2H3. The fourth-order valence-corrected chi connectivity index (χ4v) is 1.97. The Kier molecular flexibility index (Phi) is 2.94. The molecule has 16 heavy (non-hydrogen) atoms. The van der Waals surface area contributed by atoms with Crippen LogP contribution in [0.1, 0.15) is 31.8 Å². The molecule has 0 saturated heterocycles. The van der Waals surface area contributed by atoms with E-state index in [1.807, 2.05) is 18.2 Å². The molecule has 0 aliphatic carbocycles. The van der Waals surface area contributed by atoms with Crippen molar-refractivity contribution >= 4 is 11.0 Å². The van der Waals surface area contributed by atoms with E-state index < -0.39 is 0 Å². The van der Waals surface area contributed by atoms with Crippen LogP contribution in [0.2, 0.25) is 0 Å². The van der Waals surface area contributed by atoms with E-state index in [4.69, 9.17) is 11.5 Å². The fourth-order valence-electron chi connectivity index (χ4n) is 1.97. The third-order valence-corrected chi connectivity index (χ3v) is 2.73. The topological polar surface area (TPSA) is 69.9 Å². The van der Waals surface area contributed by atoms with Gasteiger partial charge in [0, 0.05) is 12.6 Å². The summed E-state index contributed by atoms with van der Waals surface area (Å²) < 4.78 is 2.16. The quantitative estimate of drug-likeness (QED) is 0.821. The Morgan fingerprint density at radius 3 is 2.62 bits per heavy atom. The summed E-state index contributed by atoms with van der Waals surface area (Å²) in [5.74, 6) is 0.874. The number of imidazole rings is 1. The van der Waals surface area contributed by atoms with Crippen LogP contribution in [0.15, 0.2) is 24.3 Å². The van der Waals surface area contributed by atoms with Crippen LogP contribution in [0.4, 0.5) is 0 Å². The molecular formula is C12H18N4. The van der Waals surface area contributed by atoms with E-state index in [2.05, 4.69) is 29.5 Å². The summed E-state index contributed by atoms with van der Waals surface area (Å²) in [6.07, 6.45) is 0. The molecule has 0 radical (unpaired) electrons. The van der Waals surface area contributed by atoms with Crippen molar-refractivity contribution in [2.24, 2.45) is 11.5 Å². The van der Waals surface area contributed by atoms with Crippen LogP contribution in [-0.2, 0) is 0 Å². The van der Waals surface area contributed by atoms with E-state index >= 15 is 0 Å². The van der Waals surface area contributed by atoms with Gasteiger partial charge >= 0.3 is 0 Å². The molecule has 2 aromatic rings. The molecule has 0 amide bonds. The second-order valence-electron chi connectivity index (χ2n) is 4.26. The zero-order chi connectivity index (χ0) is 11.7. The first-order valence-electron chi connectivity index (χ1n) is 5.57. The van der Waals surface area contributed by atoms with Crippen LogP contribution in [0.3, 0.4) is 0 Å². The molecule has 4 N–H and O–H groups in total. The smallest absolute Gasteiger partial charge is 0.128 e. The summed E-state index contributed by atoms with van der Waals surface area (Å²) in [7, 11) is 0. The summed E-state index contributed by atoms with van der Waals surface area (Å²) in [5, 5.41) is 0. The van der Waals surface area contributed by atoms with Crippen LogP contribution in [-0.4, -0.2) is 16.1 Å². The number of para-hydroxylation sites is 2. The highest BCUT2D eigenvalue weighted by Gasteiger charge is 2.17. The lowest BCUT2D eigenvalue weighted by atomic mass is 10.2. The molecule has 0 aliphatic heterocycles. The maximum absolute atomic E-state index is 5.99. The summed E-state index contributed by atoms with van der Waals surface area (Å²) in [6.45, 7) is 4.66. The number of benzene rings is 1. The first-order chi connectivity index (χ1) is 7.65. The SMILES string of the molecule is CC(C)n1c(C(N)CN)nc2ccccc21. The number of aromatic nitrogens is 2. The summed E-state index contributed by atoms with van der Waals surface area (Å²) in [5.41, 5.74) is 13.7. The molecule has 1 aromatic heterocycles. The fraction of sp³-hybridized carbons (Fsp3) is 0.417. The number of nitrogens with two attached hydrogens (primary N) is 2. The Morgan fingerprint density at radius 2 is 2.00 bits per heavy atom. The first-order valence-corrected chi connectivity index (χ1v) is 5.57. The maximum atomic E-state index is 5.99. The van der Waals surface area contributed by atoms with Crippen LogP contribution in [0.5, 0.6) is 0 Å². The Balaban J connectivity index is 2.68. The molecule has 1 heterocycles. The van der Waals surface area contributed by atoms with Gasteiger partial charge in [-0.3, -0.25) is 0 Å². The van der Waals surface area contributed by atoms with Gasteiger partial charge in [0.2, 0.25) is 0 Å². The van der Waals surface area contributed by atoms with Gasteiger partial charge in [0.15, 0.2) is 0 Å². The number of rotatable bonds is 3. The normalized spacial score (nSPS) is 13.6. The minimum Gasteiger partial charge on any atom is -0.328 e. The average Bonchev–Trinajstić information content (AvgIpc) is 2.67. The summed E-state index contributed by atoms with van der Waals surface area (Å²) in [6, 6.07) is 8.20. The van der Waals surface area contributed by atoms with Crippen molar-refractivity contribution in [1.82, 2.24) is 9.55 Å². The molecule has 0 spiro atoms. The second-order valence-corrected chi connectivity index (χ2v) is 4.26. The molecule has 1 aromatic carbocycles. The van der Waals surface area contributed by atoms with Gasteiger partial charge in [-0.1, -0.05) is 12.1 Å². The number of fused-ring (bicyclic) bond motifs is 1. The van der Waals surface area contributed by atoms with E-state index in [1.54, 1.807) is 0 Å². The van der Waals surface area contributed by atoms with Crippen molar-refractivity contribution in [3.8, 4) is 0 Å². The van der Waals surface area contributed by atoms with E-state index in [0.29, 0.717) is 12.6 Å². The lowest BCUT2D eigenvalue weighted by Gasteiger charge is -2.16. The van der Waals surface area contributed by atoms with Gasteiger partial charge in [0.05, 0.1) is 17.1 Å². The van der Waals surface area contributed by atoms with E-state index in [1.165, 1.54) is 0 Å². The molecule has 0 saturated carbocycles. The van der Waals surface area contributed by atoms with Gasteiger partial charge in [-0.15, -0.1) is 0 Å². The highest BCUT2D eigenvalue weighted by atomic mass is 15.1. The Morgan fingerprint density at radius 1 is 1.31 bits per heavy atom. The van der Waals surface area contributed by atoms with Crippen molar-refractivity contribution < 1.29 is 0 Å². The van der Waals surface area contributed by atoms with Gasteiger partial charge in [0.25, 0.3) is 0 Å². The third-order valence-electron chi connectivity index (χ3n) is 2.73. The Hall–Kier alpha value is -1.39.